The Bertz CT molecular complexity index is 969. The third-order valence-electron chi connectivity index (χ3n) is 4.29. The van der Waals surface area contributed by atoms with Crippen LogP contribution in [0.4, 0.5) is 5.69 Å². The van der Waals surface area contributed by atoms with Crippen molar-refractivity contribution in [3.63, 3.8) is 0 Å². The van der Waals surface area contributed by atoms with Gasteiger partial charge in [-0.3, -0.25) is 20.2 Å². The van der Waals surface area contributed by atoms with E-state index < -0.39 is 10.8 Å². The molecule has 0 unspecified atom stereocenters. The first-order chi connectivity index (χ1) is 14.0. The van der Waals surface area contributed by atoms with Crippen LogP contribution in [0.15, 0.2) is 84.9 Å². The van der Waals surface area contributed by atoms with Crippen LogP contribution in [0.2, 0.25) is 0 Å². The zero-order valence-electron chi connectivity index (χ0n) is 15.5. The molecule has 0 fully saturated rings. The van der Waals surface area contributed by atoms with E-state index in [1.54, 1.807) is 6.07 Å². The molecule has 0 radical (unpaired) electrons. The summed E-state index contributed by atoms with van der Waals surface area (Å²) >= 11 is 5.48. The Kier molecular flexibility index (Phi) is 6.65. The normalized spacial score (nSPS) is 10.2. The molecule has 0 bridgehead atoms. The Morgan fingerprint density at radius 1 is 0.862 bits per heavy atom. The molecule has 0 saturated heterocycles. The van der Waals surface area contributed by atoms with Gasteiger partial charge in [0.25, 0.3) is 11.6 Å². The number of amides is 1. The maximum atomic E-state index is 12.7. The van der Waals surface area contributed by atoms with E-state index in [4.69, 9.17) is 12.2 Å². The second-order valence-electron chi connectivity index (χ2n) is 6.36. The van der Waals surface area contributed by atoms with Crippen LogP contribution in [-0.2, 0) is 13.1 Å². The monoisotopic (exact) mass is 405 g/mol. The molecule has 0 heterocycles. The van der Waals surface area contributed by atoms with Crippen LogP contribution in [0.1, 0.15) is 21.5 Å². The van der Waals surface area contributed by atoms with Gasteiger partial charge in [-0.1, -0.05) is 72.8 Å². The number of hydrogen-bond acceptors (Lipinski definition) is 4. The quantitative estimate of drug-likeness (QED) is 0.376. The van der Waals surface area contributed by atoms with Gasteiger partial charge in [-0.15, -0.1) is 0 Å². The van der Waals surface area contributed by atoms with Crippen molar-refractivity contribution >= 4 is 28.9 Å². The number of carbonyl (C=O) groups excluding carboxylic acids is 1. The lowest BCUT2D eigenvalue weighted by molar-refractivity contribution is -0.385. The fraction of sp³-hybridized carbons (Fsp3) is 0.0909. The highest BCUT2D eigenvalue weighted by molar-refractivity contribution is 7.80. The average molecular weight is 405 g/mol. The number of benzene rings is 3. The fourth-order valence-corrected chi connectivity index (χ4v) is 3.10. The molecule has 0 spiro atoms. The maximum Gasteiger partial charge on any atom is 0.282 e. The zero-order valence-corrected chi connectivity index (χ0v) is 16.3. The zero-order chi connectivity index (χ0) is 20.6. The standard InChI is InChI=1S/C22H19N3O3S/c26-21(19-13-7-8-14-20(19)25(27)28)23-22(29)24(15-17-9-3-1-4-10-17)16-18-11-5-2-6-12-18/h1-14H,15-16H2,(H,23,26,29). The maximum absolute atomic E-state index is 12.7. The number of rotatable bonds is 6. The molecular weight excluding hydrogens is 386 g/mol. The first kappa shape index (κ1) is 20.2. The van der Waals surface area contributed by atoms with E-state index in [9.17, 15) is 14.9 Å². The summed E-state index contributed by atoms with van der Waals surface area (Å²) in [7, 11) is 0. The number of hydrogen-bond donors (Lipinski definition) is 1. The lowest BCUT2D eigenvalue weighted by Crippen LogP contribution is -2.42. The van der Waals surface area contributed by atoms with Gasteiger partial charge in [-0.2, -0.15) is 0 Å². The summed E-state index contributed by atoms with van der Waals surface area (Å²) in [5, 5.41) is 14.1. The van der Waals surface area contributed by atoms with Crippen LogP contribution in [0.25, 0.3) is 0 Å². The Balaban J connectivity index is 1.80. The Labute approximate surface area is 173 Å². The largest absolute Gasteiger partial charge is 0.340 e. The summed E-state index contributed by atoms with van der Waals surface area (Å²) in [6, 6.07) is 25.3. The van der Waals surface area contributed by atoms with Gasteiger partial charge in [0.15, 0.2) is 5.11 Å². The molecule has 0 saturated carbocycles. The lowest BCUT2D eigenvalue weighted by atomic mass is 10.1. The third kappa shape index (κ3) is 5.46. The first-order valence-electron chi connectivity index (χ1n) is 8.96. The van der Waals surface area contributed by atoms with Gasteiger partial charge < -0.3 is 4.90 Å². The van der Waals surface area contributed by atoms with E-state index in [0.717, 1.165) is 11.1 Å². The highest BCUT2D eigenvalue weighted by Crippen LogP contribution is 2.18. The van der Waals surface area contributed by atoms with Gasteiger partial charge in [0.2, 0.25) is 0 Å². The Morgan fingerprint density at radius 2 is 1.34 bits per heavy atom. The van der Waals surface area contributed by atoms with Gasteiger partial charge in [-0.05, 0) is 29.4 Å². The van der Waals surface area contributed by atoms with Crippen molar-refractivity contribution in [2.45, 2.75) is 13.1 Å². The molecule has 1 N–H and O–H groups in total. The van der Waals surface area contributed by atoms with Gasteiger partial charge in [0.05, 0.1) is 4.92 Å². The molecule has 29 heavy (non-hydrogen) atoms. The number of nitrogens with zero attached hydrogens (tertiary/aromatic N) is 2. The van der Waals surface area contributed by atoms with Crippen molar-refractivity contribution in [1.82, 2.24) is 10.2 Å². The van der Waals surface area contributed by atoms with E-state index in [1.165, 1.54) is 18.2 Å². The molecule has 0 atom stereocenters. The average Bonchev–Trinajstić information content (AvgIpc) is 2.74. The third-order valence-corrected chi connectivity index (χ3v) is 4.65. The van der Waals surface area contributed by atoms with Crippen LogP contribution >= 0.6 is 12.2 Å². The molecule has 7 heteroatoms. The molecule has 3 aromatic rings. The number of nitro groups is 1. The summed E-state index contributed by atoms with van der Waals surface area (Å²) in [4.78, 5) is 25.1. The number of nitro benzene ring substituents is 1. The second-order valence-corrected chi connectivity index (χ2v) is 6.75. The summed E-state index contributed by atoms with van der Waals surface area (Å²) in [5.74, 6) is -0.603. The fourth-order valence-electron chi connectivity index (χ4n) is 2.88. The number of thiocarbonyl (C=S) groups is 1. The van der Waals surface area contributed by atoms with Gasteiger partial charge >= 0.3 is 0 Å². The van der Waals surface area contributed by atoms with E-state index in [1.807, 2.05) is 65.6 Å². The van der Waals surface area contributed by atoms with Crippen molar-refractivity contribution in [2.75, 3.05) is 0 Å². The molecule has 3 aromatic carbocycles. The molecule has 0 aromatic heterocycles. The SMILES string of the molecule is O=C(NC(=S)N(Cc1ccccc1)Cc1ccccc1)c1ccccc1[N+](=O)[O-]. The minimum atomic E-state index is -0.603. The molecular formula is C22H19N3O3S. The van der Waals surface area contributed by atoms with Crippen LogP contribution < -0.4 is 5.32 Å². The Morgan fingerprint density at radius 3 is 1.86 bits per heavy atom. The van der Waals surface area contributed by atoms with Crippen LogP contribution in [0.3, 0.4) is 0 Å². The molecule has 1 amide bonds. The van der Waals surface area contributed by atoms with Crippen molar-refractivity contribution in [3.8, 4) is 0 Å². The van der Waals surface area contributed by atoms with Crippen molar-refractivity contribution < 1.29 is 9.72 Å². The minimum absolute atomic E-state index is 0.0285. The van der Waals surface area contributed by atoms with Crippen LogP contribution in [-0.4, -0.2) is 20.8 Å². The summed E-state index contributed by atoms with van der Waals surface area (Å²) in [5.41, 5.74) is 1.78. The van der Waals surface area contributed by atoms with E-state index in [-0.39, 0.29) is 16.4 Å². The molecule has 0 aliphatic heterocycles. The minimum Gasteiger partial charge on any atom is -0.340 e. The van der Waals surface area contributed by atoms with Crippen molar-refractivity contribution in [2.24, 2.45) is 0 Å². The van der Waals surface area contributed by atoms with Crippen molar-refractivity contribution in [1.29, 1.82) is 0 Å². The second kappa shape index (κ2) is 9.57. The summed E-state index contributed by atoms with van der Waals surface area (Å²) in [6.07, 6.45) is 0. The highest BCUT2D eigenvalue weighted by atomic mass is 32.1. The molecule has 0 aliphatic carbocycles. The predicted octanol–water partition coefficient (Wildman–Crippen LogP) is 4.31. The van der Waals surface area contributed by atoms with Crippen LogP contribution in [0.5, 0.6) is 0 Å². The van der Waals surface area contributed by atoms with Gasteiger partial charge in [0.1, 0.15) is 5.56 Å². The van der Waals surface area contributed by atoms with E-state index >= 15 is 0 Å². The Hall–Kier alpha value is -3.58. The summed E-state index contributed by atoms with van der Waals surface area (Å²) in [6.45, 7) is 0.984. The van der Waals surface area contributed by atoms with Crippen LogP contribution in [0, 0.1) is 10.1 Å². The highest BCUT2D eigenvalue weighted by Gasteiger charge is 2.21. The van der Waals surface area contributed by atoms with Gasteiger partial charge in [-0.25, -0.2) is 0 Å². The van der Waals surface area contributed by atoms with Gasteiger partial charge in [0, 0.05) is 19.2 Å². The van der Waals surface area contributed by atoms with Crippen molar-refractivity contribution in [3.05, 3.63) is 112 Å². The molecule has 0 aliphatic rings. The summed E-state index contributed by atoms with van der Waals surface area (Å²) < 4.78 is 0. The number of para-hydroxylation sites is 1. The lowest BCUT2D eigenvalue weighted by Gasteiger charge is -2.25. The molecule has 146 valence electrons. The molecule has 3 rings (SSSR count). The molecule has 6 nitrogen and oxygen atoms in total. The first-order valence-corrected chi connectivity index (χ1v) is 9.37. The smallest absolute Gasteiger partial charge is 0.282 e. The number of carbonyl (C=O) groups is 1. The number of nitrogens with one attached hydrogen (secondary N) is 1. The van der Waals surface area contributed by atoms with E-state index in [2.05, 4.69) is 5.32 Å². The predicted molar refractivity (Wildman–Crippen MR) is 115 cm³/mol. The van der Waals surface area contributed by atoms with E-state index in [0.29, 0.717) is 13.1 Å². The topological polar surface area (TPSA) is 75.5 Å².